The van der Waals surface area contributed by atoms with Crippen molar-refractivity contribution in [2.24, 2.45) is 0 Å². The molecule has 1 N–H and O–H groups in total. The van der Waals surface area contributed by atoms with Crippen molar-refractivity contribution >= 4 is 39.1 Å². The lowest BCUT2D eigenvalue weighted by Gasteiger charge is -2.34. The number of hydrogen-bond donors (Lipinski definition) is 1. The van der Waals surface area contributed by atoms with Crippen molar-refractivity contribution in [3.05, 3.63) is 130 Å². The van der Waals surface area contributed by atoms with Crippen molar-refractivity contribution in [2.45, 2.75) is 57.6 Å². The van der Waals surface area contributed by atoms with Gasteiger partial charge in [-0.2, -0.15) is 0 Å². The molecule has 0 fully saturated rings. The van der Waals surface area contributed by atoms with Crippen LogP contribution < -0.4 is 9.62 Å². The van der Waals surface area contributed by atoms with E-state index in [0.29, 0.717) is 16.3 Å². The van der Waals surface area contributed by atoms with Gasteiger partial charge in [0.25, 0.3) is 10.0 Å². The Morgan fingerprint density at radius 3 is 2.02 bits per heavy atom. The monoisotopic (exact) mass is 631 g/mol. The average molecular weight is 632 g/mol. The minimum absolute atomic E-state index is 0.00132. The molecule has 0 heterocycles. The maximum Gasteiger partial charge on any atom is 0.264 e. The smallest absolute Gasteiger partial charge is 0.264 e. The lowest BCUT2D eigenvalue weighted by molar-refractivity contribution is -0.140. The van der Waals surface area contributed by atoms with Gasteiger partial charge in [0.15, 0.2) is 0 Å². The molecule has 0 aliphatic heterocycles. The second-order valence-corrected chi connectivity index (χ2v) is 13.4. The van der Waals surface area contributed by atoms with Gasteiger partial charge in [-0.25, -0.2) is 8.42 Å². The lowest BCUT2D eigenvalue weighted by atomic mass is 10.0. The molecule has 0 saturated carbocycles. The second kappa shape index (κ2) is 14.6. The minimum atomic E-state index is -4.20. The Kier molecular flexibility index (Phi) is 10.8. The Balaban J connectivity index is 1.81. The van der Waals surface area contributed by atoms with Gasteiger partial charge in [-0.3, -0.25) is 13.9 Å². The van der Waals surface area contributed by atoms with E-state index in [9.17, 15) is 18.0 Å². The van der Waals surface area contributed by atoms with Gasteiger partial charge in [0.1, 0.15) is 12.6 Å². The molecule has 2 amide bonds. The Morgan fingerprint density at radius 1 is 0.795 bits per heavy atom. The van der Waals surface area contributed by atoms with Crippen LogP contribution in [0.1, 0.15) is 36.1 Å². The van der Waals surface area contributed by atoms with Crippen LogP contribution in [0.4, 0.5) is 5.69 Å². The van der Waals surface area contributed by atoms with E-state index in [1.807, 2.05) is 81.4 Å². The summed E-state index contributed by atoms with van der Waals surface area (Å²) >= 11 is 6.06. The number of amides is 2. The molecule has 0 radical (unpaired) electrons. The largest absolute Gasteiger partial charge is 0.352 e. The van der Waals surface area contributed by atoms with E-state index in [-0.39, 0.29) is 29.8 Å². The molecule has 0 unspecified atom stereocenters. The minimum Gasteiger partial charge on any atom is -0.352 e. The van der Waals surface area contributed by atoms with Crippen LogP contribution >= 0.6 is 11.6 Å². The summed E-state index contributed by atoms with van der Waals surface area (Å²) in [4.78, 5) is 29.7. The summed E-state index contributed by atoms with van der Waals surface area (Å²) in [5.41, 5.74) is 3.81. The summed E-state index contributed by atoms with van der Waals surface area (Å²) in [6.45, 7) is 7.10. The molecular weight excluding hydrogens is 594 g/mol. The number of nitrogens with one attached hydrogen (secondary N) is 1. The van der Waals surface area contributed by atoms with E-state index < -0.39 is 28.5 Å². The van der Waals surface area contributed by atoms with Crippen molar-refractivity contribution in [2.75, 3.05) is 10.8 Å². The molecule has 4 aromatic carbocycles. The fourth-order valence-corrected chi connectivity index (χ4v) is 6.52. The summed E-state index contributed by atoms with van der Waals surface area (Å²) in [6.07, 6.45) is 0.255. The molecule has 4 rings (SSSR count). The molecule has 0 aliphatic rings. The van der Waals surface area contributed by atoms with Crippen LogP contribution in [-0.2, 0) is 32.6 Å². The zero-order chi connectivity index (χ0) is 31.9. The molecular formula is C35H38ClN3O4S. The molecule has 0 spiro atoms. The SMILES string of the molecule is Cc1ccc(CN(C(=O)CN(c2ccccc2C)S(=O)(=O)c2ccc(Cl)cc2)[C@H](Cc2ccccc2)C(=O)NC(C)C)cc1. The van der Waals surface area contributed by atoms with Gasteiger partial charge in [-0.1, -0.05) is 90.0 Å². The van der Waals surface area contributed by atoms with E-state index in [1.54, 1.807) is 25.1 Å². The van der Waals surface area contributed by atoms with Crippen LogP contribution in [0.2, 0.25) is 5.02 Å². The highest BCUT2D eigenvalue weighted by Gasteiger charge is 2.35. The fraction of sp³-hybridized carbons (Fsp3) is 0.257. The Morgan fingerprint density at radius 2 is 1.41 bits per heavy atom. The van der Waals surface area contributed by atoms with Gasteiger partial charge < -0.3 is 10.2 Å². The molecule has 230 valence electrons. The van der Waals surface area contributed by atoms with E-state index in [0.717, 1.165) is 21.0 Å². The summed E-state index contributed by atoms with van der Waals surface area (Å²) in [5, 5.41) is 3.37. The third kappa shape index (κ3) is 8.27. The molecule has 44 heavy (non-hydrogen) atoms. The first-order valence-corrected chi connectivity index (χ1v) is 16.3. The topological polar surface area (TPSA) is 86.8 Å². The Bertz CT molecular complexity index is 1680. The van der Waals surface area contributed by atoms with Crippen LogP contribution in [-0.4, -0.2) is 43.8 Å². The van der Waals surface area contributed by atoms with Crippen molar-refractivity contribution in [1.82, 2.24) is 10.2 Å². The number of nitrogens with zero attached hydrogens (tertiary/aromatic N) is 2. The molecule has 1 atom stereocenters. The quantitative estimate of drug-likeness (QED) is 0.198. The predicted molar refractivity (Wildman–Crippen MR) is 176 cm³/mol. The maximum absolute atomic E-state index is 14.5. The third-order valence-electron chi connectivity index (χ3n) is 7.24. The van der Waals surface area contributed by atoms with Crippen molar-refractivity contribution < 1.29 is 18.0 Å². The molecule has 7 nitrogen and oxygen atoms in total. The molecule has 0 bridgehead atoms. The van der Waals surface area contributed by atoms with Crippen molar-refractivity contribution in [3.63, 3.8) is 0 Å². The van der Waals surface area contributed by atoms with Gasteiger partial charge in [0, 0.05) is 24.0 Å². The first-order chi connectivity index (χ1) is 21.0. The van der Waals surface area contributed by atoms with Gasteiger partial charge in [-0.05, 0) is 74.7 Å². The molecule has 0 aliphatic carbocycles. The number of aryl methyl sites for hydroxylation is 2. The molecule has 0 aromatic heterocycles. The predicted octanol–water partition coefficient (Wildman–Crippen LogP) is 6.32. The summed E-state index contributed by atoms with van der Waals surface area (Å²) in [7, 11) is -4.20. The lowest BCUT2D eigenvalue weighted by Crippen LogP contribution is -2.54. The highest BCUT2D eigenvalue weighted by molar-refractivity contribution is 7.92. The fourth-order valence-electron chi connectivity index (χ4n) is 4.92. The Labute approximate surface area is 265 Å². The highest BCUT2D eigenvalue weighted by atomic mass is 35.5. The first-order valence-electron chi connectivity index (χ1n) is 14.5. The van der Waals surface area contributed by atoms with Crippen molar-refractivity contribution in [3.8, 4) is 0 Å². The standard InChI is InChI=1S/C35H38ClN3O4S/c1-25(2)37-35(41)33(22-28-11-6-5-7-12-28)38(23-29-16-14-26(3)15-17-29)34(40)24-39(32-13-9-8-10-27(32)4)44(42,43)31-20-18-30(36)19-21-31/h5-21,25,33H,22-24H2,1-4H3,(H,37,41)/t33-/m1/s1. The van der Waals surface area contributed by atoms with Crippen LogP contribution in [0.3, 0.4) is 0 Å². The number of carbonyl (C=O) groups excluding carboxylic acids is 2. The van der Waals surface area contributed by atoms with Gasteiger partial charge in [0.05, 0.1) is 10.6 Å². The van der Waals surface area contributed by atoms with E-state index >= 15 is 0 Å². The third-order valence-corrected chi connectivity index (χ3v) is 9.27. The average Bonchev–Trinajstić information content (AvgIpc) is 2.99. The zero-order valence-corrected chi connectivity index (χ0v) is 27.0. The zero-order valence-electron chi connectivity index (χ0n) is 25.4. The number of halogens is 1. The number of carbonyl (C=O) groups is 2. The number of para-hydroxylation sites is 1. The number of rotatable bonds is 12. The second-order valence-electron chi connectivity index (χ2n) is 11.1. The van der Waals surface area contributed by atoms with Gasteiger partial charge in [0.2, 0.25) is 11.8 Å². The Hall–Kier alpha value is -4.14. The van der Waals surface area contributed by atoms with E-state index in [4.69, 9.17) is 11.6 Å². The van der Waals surface area contributed by atoms with Gasteiger partial charge in [-0.15, -0.1) is 0 Å². The number of benzene rings is 4. The summed E-state index contributed by atoms with van der Waals surface area (Å²) in [5.74, 6) is -0.821. The van der Waals surface area contributed by atoms with Crippen LogP contribution in [0.15, 0.2) is 108 Å². The van der Waals surface area contributed by atoms with E-state index in [2.05, 4.69) is 5.32 Å². The van der Waals surface area contributed by atoms with Crippen LogP contribution in [0.5, 0.6) is 0 Å². The number of anilines is 1. The normalized spacial score (nSPS) is 12.0. The van der Waals surface area contributed by atoms with Gasteiger partial charge >= 0.3 is 0 Å². The summed E-state index contributed by atoms with van der Waals surface area (Å²) in [6, 6.07) is 29.0. The molecule has 0 saturated heterocycles. The van der Waals surface area contributed by atoms with Crippen LogP contribution in [0.25, 0.3) is 0 Å². The molecule has 4 aromatic rings. The number of hydrogen-bond acceptors (Lipinski definition) is 4. The van der Waals surface area contributed by atoms with Crippen molar-refractivity contribution in [1.29, 1.82) is 0 Å². The maximum atomic E-state index is 14.5. The first kappa shape index (κ1) is 32.8. The van der Waals surface area contributed by atoms with Crippen LogP contribution in [0, 0.1) is 13.8 Å². The number of sulfonamides is 1. The molecule has 9 heteroatoms. The highest BCUT2D eigenvalue weighted by Crippen LogP contribution is 2.28. The summed E-state index contributed by atoms with van der Waals surface area (Å²) < 4.78 is 29.4. The van der Waals surface area contributed by atoms with E-state index in [1.165, 1.54) is 29.2 Å².